The normalized spacial score (nSPS) is 12.7. The van der Waals surface area contributed by atoms with Gasteiger partial charge in [0, 0.05) is 0 Å². The van der Waals surface area contributed by atoms with E-state index >= 15 is 0 Å². The Morgan fingerprint density at radius 3 is 2.45 bits per heavy atom. The van der Waals surface area contributed by atoms with Gasteiger partial charge in [-0.15, -0.1) is 0 Å². The molecule has 0 fully saturated rings. The number of hydrogen-bond acceptors (Lipinski definition) is 2. The first-order valence-corrected chi connectivity index (χ1v) is 4.29. The highest BCUT2D eigenvalue weighted by Crippen LogP contribution is 2.12. The van der Waals surface area contributed by atoms with Crippen molar-refractivity contribution in [2.75, 3.05) is 0 Å². The van der Waals surface area contributed by atoms with Crippen molar-refractivity contribution in [3.63, 3.8) is 0 Å². The largest absolute Gasteiger partial charge is 0.235 e. The van der Waals surface area contributed by atoms with Crippen molar-refractivity contribution < 1.29 is 4.79 Å². The van der Waals surface area contributed by atoms with E-state index in [-0.39, 0.29) is 6.04 Å². The summed E-state index contributed by atoms with van der Waals surface area (Å²) in [6.45, 7) is 6.31. The Kier molecular flexibility index (Phi) is 5.77. The van der Waals surface area contributed by atoms with Gasteiger partial charge in [-0.1, -0.05) is 33.6 Å². The van der Waals surface area contributed by atoms with E-state index in [1.165, 1.54) is 0 Å². The Morgan fingerprint density at radius 1 is 1.45 bits per heavy atom. The van der Waals surface area contributed by atoms with Crippen molar-refractivity contribution in [1.82, 2.24) is 0 Å². The van der Waals surface area contributed by atoms with E-state index in [1.807, 2.05) is 0 Å². The summed E-state index contributed by atoms with van der Waals surface area (Å²) in [6, 6.07) is 0.187. The zero-order chi connectivity index (χ0) is 8.69. The summed E-state index contributed by atoms with van der Waals surface area (Å²) in [6.07, 6.45) is 4.96. The van der Waals surface area contributed by atoms with E-state index in [0.717, 1.165) is 19.3 Å². The van der Waals surface area contributed by atoms with Crippen LogP contribution in [0.1, 0.15) is 40.0 Å². The average molecular weight is 155 g/mol. The highest BCUT2D eigenvalue weighted by Gasteiger charge is 2.10. The van der Waals surface area contributed by atoms with E-state index in [9.17, 15) is 4.79 Å². The van der Waals surface area contributed by atoms with Gasteiger partial charge >= 0.3 is 0 Å². The summed E-state index contributed by atoms with van der Waals surface area (Å²) >= 11 is 0. The molecule has 0 amide bonds. The molecule has 0 N–H and O–H groups in total. The molecule has 0 saturated heterocycles. The first kappa shape index (κ1) is 10.4. The van der Waals surface area contributed by atoms with Gasteiger partial charge in [-0.25, -0.2) is 9.79 Å². The molecule has 0 radical (unpaired) electrons. The molecule has 0 rings (SSSR count). The molecule has 11 heavy (non-hydrogen) atoms. The summed E-state index contributed by atoms with van der Waals surface area (Å²) in [5.74, 6) is 0.461. The zero-order valence-electron chi connectivity index (χ0n) is 7.63. The lowest BCUT2D eigenvalue weighted by atomic mass is 9.99. The third kappa shape index (κ3) is 4.74. The minimum atomic E-state index is 0.187. The van der Waals surface area contributed by atoms with Crippen LogP contribution in [0.15, 0.2) is 4.99 Å². The third-order valence-electron chi connectivity index (χ3n) is 1.84. The fourth-order valence-corrected chi connectivity index (χ4v) is 1.03. The van der Waals surface area contributed by atoms with Crippen LogP contribution in [-0.2, 0) is 4.79 Å². The minimum Gasteiger partial charge on any atom is -0.211 e. The van der Waals surface area contributed by atoms with Gasteiger partial charge < -0.3 is 0 Å². The minimum absolute atomic E-state index is 0.187. The van der Waals surface area contributed by atoms with Crippen molar-refractivity contribution in [3.05, 3.63) is 0 Å². The van der Waals surface area contributed by atoms with E-state index in [0.29, 0.717) is 5.92 Å². The van der Waals surface area contributed by atoms with Gasteiger partial charge in [-0.3, -0.25) is 0 Å². The van der Waals surface area contributed by atoms with Crippen LogP contribution in [0.4, 0.5) is 0 Å². The molecule has 1 unspecified atom stereocenters. The summed E-state index contributed by atoms with van der Waals surface area (Å²) < 4.78 is 0. The molecule has 2 nitrogen and oxygen atoms in total. The Bertz CT molecular complexity index is 136. The molecule has 64 valence electrons. The molecule has 0 aliphatic heterocycles. The molecule has 0 aromatic carbocycles. The van der Waals surface area contributed by atoms with Crippen molar-refractivity contribution in [1.29, 1.82) is 0 Å². The molecule has 0 bridgehead atoms. The standard InChI is InChI=1S/C9H17NO/c1-4-5-6-9(8(2)3)10-7-11/h8-9H,4-6H2,1-3H3. The van der Waals surface area contributed by atoms with Gasteiger partial charge in [0.2, 0.25) is 6.08 Å². The smallest absolute Gasteiger partial charge is 0.211 e. The van der Waals surface area contributed by atoms with Crippen LogP contribution < -0.4 is 0 Å². The van der Waals surface area contributed by atoms with Crippen LogP contribution in [0.3, 0.4) is 0 Å². The maximum Gasteiger partial charge on any atom is 0.235 e. The van der Waals surface area contributed by atoms with Gasteiger partial charge in [-0.2, -0.15) is 0 Å². The third-order valence-corrected chi connectivity index (χ3v) is 1.84. The van der Waals surface area contributed by atoms with Crippen LogP contribution in [0.2, 0.25) is 0 Å². The topological polar surface area (TPSA) is 29.4 Å². The number of hydrogen-bond donors (Lipinski definition) is 0. The highest BCUT2D eigenvalue weighted by molar-refractivity contribution is 5.33. The molecular weight excluding hydrogens is 138 g/mol. The van der Waals surface area contributed by atoms with Gasteiger partial charge in [0.25, 0.3) is 0 Å². The van der Waals surface area contributed by atoms with Crippen LogP contribution in [-0.4, -0.2) is 12.1 Å². The molecule has 2 heteroatoms. The Labute approximate surface area is 68.7 Å². The van der Waals surface area contributed by atoms with Crippen molar-refractivity contribution >= 4 is 6.08 Å². The van der Waals surface area contributed by atoms with E-state index < -0.39 is 0 Å². The number of isocyanates is 1. The molecular formula is C9H17NO. The predicted molar refractivity (Wildman–Crippen MR) is 46.3 cm³/mol. The fourth-order valence-electron chi connectivity index (χ4n) is 1.03. The van der Waals surface area contributed by atoms with E-state index in [1.54, 1.807) is 6.08 Å². The van der Waals surface area contributed by atoms with Crippen LogP contribution in [0, 0.1) is 5.92 Å². The Hall–Kier alpha value is -0.620. The quantitative estimate of drug-likeness (QED) is 0.443. The van der Waals surface area contributed by atoms with E-state index in [4.69, 9.17) is 0 Å². The average Bonchev–Trinajstić information content (AvgIpc) is 1.97. The highest BCUT2D eigenvalue weighted by atomic mass is 16.1. The maximum absolute atomic E-state index is 9.99. The lowest BCUT2D eigenvalue weighted by Crippen LogP contribution is -2.12. The second kappa shape index (κ2) is 6.11. The van der Waals surface area contributed by atoms with Crippen molar-refractivity contribution in [2.24, 2.45) is 10.9 Å². The van der Waals surface area contributed by atoms with Crippen LogP contribution >= 0.6 is 0 Å². The second-order valence-corrected chi connectivity index (χ2v) is 3.17. The second-order valence-electron chi connectivity index (χ2n) is 3.17. The first-order valence-electron chi connectivity index (χ1n) is 4.29. The number of rotatable bonds is 5. The van der Waals surface area contributed by atoms with Gasteiger partial charge in [0.1, 0.15) is 0 Å². The van der Waals surface area contributed by atoms with Gasteiger partial charge in [0.05, 0.1) is 6.04 Å². The van der Waals surface area contributed by atoms with Gasteiger partial charge in [0.15, 0.2) is 0 Å². The molecule has 0 heterocycles. The molecule has 0 saturated carbocycles. The lowest BCUT2D eigenvalue weighted by molar-refractivity contribution is 0.447. The summed E-state index contributed by atoms with van der Waals surface area (Å²) in [7, 11) is 0. The summed E-state index contributed by atoms with van der Waals surface area (Å²) in [5, 5.41) is 0. The van der Waals surface area contributed by atoms with Crippen molar-refractivity contribution in [2.45, 2.75) is 46.1 Å². The molecule has 0 aromatic heterocycles. The molecule has 1 atom stereocenters. The fraction of sp³-hybridized carbons (Fsp3) is 0.889. The number of nitrogens with zero attached hydrogens (tertiary/aromatic N) is 1. The zero-order valence-corrected chi connectivity index (χ0v) is 7.63. The number of carbonyl (C=O) groups excluding carboxylic acids is 1. The molecule has 0 aromatic rings. The van der Waals surface area contributed by atoms with Crippen LogP contribution in [0.5, 0.6) is 0 Å². The Balaban J connectivity index is 3.79. The molecule has 0 aliphatic rings. The maximum atomic E-state index is 9.99. The summed E-state index contributed by atoms with van der Waals surface area (Å²) in [5.41, 5.74) is 0. The predicted octanol–water partition coefficient (Wildman–Crippen LogP) is 2.54. The van der Waals surface area contributed by atoms with Crippen LogP contribution in [0.25, 0.3) is 0 Å². The lowest BCUT2D eigenvalue weighted by Gasteiger charge is -2.12. The first-order chi connectivity index (χ1) is 5.22. The molecule has 0 spiro atoms. The van der Waals surface area contributed by atoms with Gasteiger partial charge in [-0.05, 0) is 12.3 Å². The van der Waals surface area contributed by atoms with E-state index in [2.05, 4.69) is 25.8 Å². The number of aliphatic imine (C=N–C) groups is 1. The summed E-state index contributed by atoms with van der Waals surface area (Å²) in [4.78, 5) is 13.7. The molecule has 0 aliphatic carbocycles. The van der Waals surface area contributed by atoms with Crippen molar-refractivity contribution in [3.8, 4) is 0 Å². The SMILES string of the molecule is CCCCC(N=C=O)C(C)C. The number of unbranched alkanes of at least 4 members (excludes halogenated alkanes) is 1. The monoisotopic (exact) mass is 155 g/mol. The Morgan fingerprint density at radius 2 is 2.09 bits per heavy atom.